The van der Waals surface area contributed by atoms with Gasteiger partial charge >= 0.3 is 6.11 Å². The highest BCUT2D eigenvalue weighted by Gasteiger charge is 2.38. The van der Waals surface area contributed by atoms with Crippen molar-refractivity contribution < 1.29 is 35.8 Å². The summed E-state index contributed by atoms with van der Waals surface area (Å²) in [5, 5.41) is -0.0297. The lowest BCUT2D eigenvalue weighted by Crippen LogP contribution is -2.21. The topological polar surface area (TPSA) is 18.5 Å². The van der Waals surface area contributed by atoms with Crippen LogP contribution in [0.15, 0.2) is 91.1 Å². The van der Waals surface area contributed by atoms with Gasteiger partial charge in [0, 0.05) is 23.5 Å². The molecule has 1 aromatic carbocycles. The van der Waals surface area contributed by atoms with Crippen LogP contribution in [0.3, 0.4) is 0 Å². The molecule has 0 aliphatic carbocycles. The average Bonchev–Trinajstić information content (AvgIpc) is 2.91. The maximum atomic E-state index is 14.8. The van der Waals surface area contributed by atoms with Crippen LogP contribution in [0.2, 0.25) is 0 Å². The fraction of sp³-hybridized carbons (Fsp3) is 0.438. The maximum Gasteiger partial charge on any atom is 0.429 e. The summed E-state index contributed by atoms with van der Waals surface area (Å²) in [5.41, 5.74) is -1.32. The number of allylic oxidation sites excluding steroid dienone is 7. The van der Waals surface area contributed by atoms with Gasteiger partial charge in [0.05, 0.1) is 12.2 Å². The van der Waals surface area contributed by atoms with E-state index >= 15 is 0 Å². The van der Waals surface area contributed by atoms with E-state index in [9.17, 15) is 26.3 Å². The minimum absolute atomic E-state index is 0.0297. The lowest BCUT2D eigenvalue weighted by Gasteiger charge is -2.28. The standard InChI is InChI=1S/C32H38F6O2S/c1-6-7-8-9-10-15-39-19-25-11-14-31(41-20-25)26-12-13-27(30(36)18-26)32(37,38)40-22(3)17-28(34)23(4)21(2)16-29(35)24(5)33/h12-13,16-18,25,31H,2-11,14-15,19-20H2,1H3/b28-17+,29-16+. The molecule has 1 fully saturated rings. The molecule has 1 heterocycles. The number of halogens is 6. The molecule has 1 aromatic rings. The van der Waals surface area contributed by atoms with Crippen molar-refractivity contribution in [3.05, 3.63) is 108 Å². The SMILES string of the molecule is C=C(/C=C(/F)C(=C)C(=C)/C=C(/F)C(=C)F)OC(F)(F)c1ccc(C2CCC(COCCCCCCC)CS2)cc1F. The number of benzene rings is 1. The Morgan fingerprint density at radius 2 is 1.71 bits per heavy atom. The van der Waals surface area contributed by atoms with Gasteiger partial charge in [-0.2, -0.15) is 20.5 Å². The molecule has 1 saturated heterocycles. The molecular weight excluding hydrogens is 562 g/mol. The molecule has 2 nitrogen and oxygen atoms in total. The summed E-state index contributed by atoms with van der Waals surface area (Å²) in [6.45, 7) is 16.2. The van der Waals surface area contributed by atoms with Crippen molar-refractivity contribution in [3.8, 4) is 0 Å². The van der Waals surface area contributed by atoms with Gasteiger partial charge in [0.15, 0.2) is 11.7 Å². The molecule has 0 N–H and O–H groups in total. The molecule has 9 heteroatoms. The highest BCUT2D eigenvalue weighted by Crippen LogP contribution is 2.42. The summed E-state index contributed by atoms with van der Waals surface area (Å²) < 4.78 is 95.1. The van der Waals surface area contributed by atoms with E-state index in [-0.39, 0.29) is 10.8 Å². The number of thioether (sulfide) groups is 1. The number of hydrogen-bond donors (Lipinski definition) is 0. The van der Waals surface area contributed by atoms with Crippen molar-refractivity contribution in [3.63, 3.8) is 0 Å². The van der Waals surface area contributed by atoms with Gasteiger partial charge in [-0.3, -0.25) is 0 Å². The zero-order valence-corrected chi connectivity index (χ0v) is 24.2. The summed E-state index contributed by atoms with van der Waals surface area (Å²) in [6, 6.07) is 3.46. The van der Waals surface area contributed by atoms with Crippen LogP contribution in [0.1, 0.15) is 68.2 Å². The van der Waals surface area contributed by atoms with Gasteiger partial charge in [0.2, 0.25) is 0 Å². The van der Waals surface area contributed by atoms with Crippen LogP contribution in [0.4, 0.5) is 26.3 Å². The Labute approximate surface area is 243 Å². The molecule has 226 valence electrons. The molecule has 0 spiro atoms. The van der Waals surface area contributed by atoms with Gasteiger partial charge in [-0.15, -0.1) is 0 Å². The molecule has 0 bridgehead atoms. The Hall–Kier alpha value is -2.65. The summed E-state index contributed by atoms with van der Waals surface area (Å²) in [6.07, 6.45) is 4.44. The Morgan fingerprint density at radius 3 is 2.32 bits per heavy atom. The molecule has 2 rings (SSSR count). The maximum absolute atomic E-state index is 14.8. The first-order valence-electron chi connectivity index (χ1n) is 13.6. The minimum Gasteiger partial charge on any atom is -0.429 e. The Bertz CT molecular complexity index is 1150. The van der Waals surface area contributed by atoms with Crippen molar-refractivity contribution in [1.82, 2.24) is 0 Å². The van der Waals surface area contributed by atoms with Crippen molar-refractivity contribution in [2.75, 3.05) is 19.0 Å². The van der Waals surface area contributed by atoms with E-state index in [1.165, 1.54) is 31.7 Å². The summed E-state index contributed by atoms with van der Waals surface area (Å²) in [4.78, 5) is 0. The van der Waals surface area contributed by atoms with E-state index in [1.54, 1.807) is 11.8 Å². The van der Waals surface area contributed by atoms with Gasteiger partial charge in [0.25, 0.3) is 0 Å². The number of rotatable bonds is 17. The van der Waals surface area contributed by atoms with E-state index in [4.69, 9.17) is 4.74 Å². The lowest BCUT2D eigenvalue weighted by molar-refractivity contribution is -0.222. The molecule has 1 aliphatic heterocycles. The highest BCUT2D eigenvalue weighted by atomic mass is 32.2. The Morgan fingerprint density at radius 1 is 1.00 bits per heavy atom. The zero-order valence-electron chi connectivity index (χ0n) is 23.4. The fourth-order valence-corrected chi connectivity index (χ4v) is 5.58. The minimum atomic E-state index is -4.16. The number of ether oxygens (including phenoxy) is 2. The molecule has 0 amide bonds. The number of hydrogen-bond acceptors (Lipinski definition) is 3. The third-order valence-corrected chi connectivity index (χ3v) is 8.15. The molecule has 2 unspecified atom stereocenters. The quantitative estimate of drug-likeness (QED) is 0.0767. The molecule has 41 heavy (non-hydrogen) atoms. The van der Waals surface area contributed by atoms with Crippen molar-refractivity contribution >= 4 is 11.8 Å². The van der Waals surface area contributed by atoms with Crippen molar-refractivity contribution in [1.29, 1.82) is 0 Å². The Balaban J connectivity index is 1.92. The molecule has 2 atom stereocenters. The summed E-state index contributed by atoms with van der Waals surface area (Å²) in [7, 11) is 0. The van der Waals surface area contributed by atoms with Gasteiger partial charge in [-0.05, 0) is 60.3 Å². The Kier molecular flexibility index (Phi) is 14.1. The highest BCUT2D eigenvalue weighted by molar-refractivity contribution is 7.99. The van der Waals surface area contributed by atoms with Crippen molar-refractivity contribution in [2.24, 2.45) is 5.92 Å². The molecule has 0 aromatic heterocycles. The second kappa shape index (κ2) is 16.7. The molecule has 0 radical (unpaired) electrons. The van der Waals surface area contributed by atoms with Crippen LogP contribution in [0, 0.1) is 11.7 Å². The molecule has 1 aliphatic rings. The zero-order chi connectivity index (χ0) is 30.6. The van der Waals surface area contributed by atoms with Crippen LogP contribution in [-0.2, 0) is 15.6 Å². The van der Waals surface area contributed by atoms with E-state index in [0.717, 1.165) is 43.8 Å². The summed E-state index contributed by atoms with van der Waals surface area (Å²) in [5.74, 6) is -4.80. The van der Waals surface area contributed by atoms with Crippen LogP contribution in [-0.4, -0.2) is 19.0 Å². The monoisotopic (exact) mass is 600 g/mol. The van der Waals surface area contributed by atoms with Crippen LogP contribution in [0.25, 0.3) is 0 Å². The third-order valence-electron chi connectivity index (χ3n) is 6.58. The molecule has 0 saturated carbocycles. The first kappa shape index (κ1) is 34.6. The smallest absolute Gasteiger partial charge is 0.429 e. The fourth-order valence-electron chi connectivity index (χ4n) is 4.17. The van der Waals surface area contributed by atoms with Crippen molar-refractivity contribution in [2.45, 2.75) is 63.2 Å². The first-order chi connectivity index (χ1) is 19.4. The largest absolute Gasteiger partial charge is 0.429 e. The predicted molar refractivity (Wildman–Crippen MR) is 155 cm³/mol. The lowest BCUT2D eigenvalue weighted by atomic mass is 9.99. The van der Waals surface area contributed by atoms with Gasteiger partial charge in [-0.1, -0.05) is 65.0 Å². The van der Waals surface area contributed by atoms with Crippen LogP contribution in [0.5, 0.6) is 0 Å². The first-order valence-corrected chi connectivity index (χ1v) is 14.6. The second-order valence-corrected chi connectivity index (χ2v) is 11.2. The summed E-state index contributed by atoms with van der Waals surface area (Å²) >= 11 is 1.65. The van der Waals surface area contributed by atoms with Gasteiger partial charge in [-0.25, -0.2) is 17.6 Å². The van der Waals surface area contributed by atoms with Crippen LogP contribution < -0.4 is 0 Å². The van der Waals surface area contributed by atoms with Gasteiger partial charge in [0.1, 0.15) is 17.4 Å². The second-order valence-electron chi connectivity index (χ2n) is 9.97. The average molecular weight is 601 g/mol. The van der Waals surface area contributed by atoms with E-state index in [2.05, 4.69) is 38.0 Å². The van der Waals surface area contributed by atoms with E-state index < -0.39 is 46.3 Å². The number of unbranched alkanes of at least 4 members (excludes halogenated alkanes) is 4. The van der Waals surface area contributed by atoms with E-state index in [1.807, 2.05) is 0 Å². The van der Waals surface area contributed by atoms with Crippen LogP contribution >= 0.6 is 11.8 Å². The molecular formula is C32H38F6O2S. The predicted octanol–water partition coefficient (Wildman–Crippen LogP) is 10.9. The van der Waals surface area contributed by atoms with Gasteiger partial charge < -0.3 is 9.47 Å². The third kappa shape index (κ3) is 11.3. The van der Waals surface area contributed by atoms with E-state index in [0.29, 0.717) is 30.2 Å². The number of alkyl halides is 2. The normalized spacial score (nSPS) is 18.2.